The summed E-state index contributed by atoms with van der Waals surface area (Å²) in [6.07, 6.45) is 0.759. The molecule has 1 aliphatic heterocycles. The van der Waals surface area contributed by atoms with Crippen molar-refractivity contribution in [1.29, 1.82) is 0 Å². The molecular weight excluding hydrogens is 405 g/mol. The Balaban J connectivity index is 1.83. The molecule has 3 aromatic rings. The molecule has 4 nitrogen and oxygen atoms in total. The van der Waals surface area contributed by atoms with Crippen molar-refractivity contribution in [3.05, 3.63) is 94.8 Å². The van der Waals surface area contributed by atoms with Crippen molar-refractivity contribution in [1.82, 2.24) is 4.90 Å². The molecule has 1 saturated heterocycles. The number of hydrogen-bond donors (Lipinski definition) is 1. The van der Waals surface area contributed by atoms with Gasteiger partial charge in [0.1, 0.15) is 11.9 Å². The number of aliphatic carboxylic acids is 1. The van der Waals surface area contributed by atoms with E-state index in [0.717, 1.165) is 5.56 Å². The van der Waals surface area contributed by atoms with Gasteiger partial charge in [0.2, 0.25) is 0 Å². The van der Waals surface area contributed by atoms with E-state index in [1.165, 1.54) is 17.0 Å². The lowest BCUT2D eigenvalue weighted by Gasteiger charge is -2.30. The molecule has 1 fully saturated rings. The summed E-state index contributed by atoms with van der Waals surface area (Å²) in [6.45, 7) is 0. The Labute approximate surface area is 178 Å². The molecule has 0 spiro atoms. The Hall–Kier alpha value is -3.18. The maximum Gasteiger partial charge on any atom is 0.326 e. The number of amides is 1. The van der Waals surface area contributed by atoms with Gasteiger partial charge in [0, 0.05) is 5.02 Å². The first-order chi connectivity index (χ1) is 14.5. The summed E-state index contributed by atoms with van der Waals surface area (Å²) in [5.74, 6) is -2.17. The monoisotopic (exact) mass is 423 g/mol. The van der Waals surface area contributed by atoms with E-state index in [1.54, 1.807) is 30.3 Å². The molecule has 152 valence electrons. The van der Waals surface area contributed by atoms with Gasteiger partial charge in [0.15, 0.2) is 0 Å². The van der Waals surface area contributed by atoms with Crippen LogP contribution in [0.5, 0.6) is 0 Å². The van der Waals surface area contributed by atoms with Crippen LogP contribution in [-0.4, -0.2) is 27.9 Å². The van der Waals surface area contributed by atoms with Crippen molar-refractivity contribution >= 4 is 23.5 Å². The van der Waals surface area contributed by atoms with E-state index in [-0.39, 0.29) is 5.56 Å². The maximum atomic E-state index is 14.1. The highest BCUT2D eigenvalue weighted by Crippen LogP contribution is 2.41. The lowest BCUT2D eigenvalue weighted by atomic mass is 9.97. The van der Waals surface area contributed by atoms with Crippen molar-refractivity contribution in [2.75, 3.05) is 0 Å². The molecule has 6 heteroatoms. The first-order valence-electron chi connectivity index (χ1n) is 9.62. The van der Waals surface area contributed by atoms with Gasteiger partial charge in [-0.2, -0.15) is 0 Å². The Kier molecular flexibility index (Phi) is 5.55. The Morgan fingerprint density at radius 2 is 1.67 bits per heavy atom. The molecule has 1 amide bonds. The van der Waals surface area contributed by atoms with Crippen LogP contribution in [0, 0.1) is 5.82 Å². The van der Waals surface area contributed by atoms with Gasteiger partial charge in [-0.1, -0.05) is 66.2 Å². The van der Waals surface area contributed by atoms with Crippen molar-refractivity contribution in [2.45, 2.75) is 24.9 Å². The van der Waals surface area contributed by atoms with Crippen LogP contribution < -0.4 is 0 Å². The summed E-state index contributed by atoms with van der Waals surface area (Å²) in [5, 5.41) is 10.2. The zero-order valence-corrected chi connectivity index (χ0v) is 16.7. The van der Waals surface area contributed by atoms with E-state index < -0.39 is 29.8 Å². The van der Waals surface area contributed by atoms with Crippen LogP contribution in [0.1, 0.15) is 34.8 Å². The van der Waals surface area contributed by atoms with E-state index in [9.17, 15) is 19.1 Å². The number of carboxylic acids is 1. The van der Waals surface area contributed by atoms with Crippen molar-refractivity contribution in [3.8, 4) is 11.1 Å². The second-order valence-corrected chi connectivity index (χ2v) is 7.64. The Bertz CT molecular complexity index is 1100. The van der Waals surface area contributed by atoms with Crippen LogP contribution in [0.3, 0.4) is 0 Å². The summed E-state index contributed by atoms with van der Waals surface area (Å²) >= 11 is 6.35. The molecule has 30 heavy (non-hydrogen) atoms. The molecule has 0 radical (unpaired) electrons. The SMILES string of the molecule is O=C(O)C1CCC(c2ccccc2Cl)N1C(=O)c1cc(F)ccc1-c1ccccc1. The quantitative estimate of drug-likeness (QED) is 0.596. The van der Waals surface area contributed by atoms with Crippen molar-refractivity contribution in [2.24, 2.45) is 0 Å². The fourth-order valence-corrected chi connectivity index (χ4v) is 4.35. The third-order valence-electron chi connectivity index (χ3n) is 5.47. The number of halogens is 2. The molecule has 1 aliphatic rings. The van der Waals surface area contributed by atoms with Gasteiger partial charge in [-0.25, -0.2) is 9.18 Å². The van der Waals surface area contributed by atoms with Crippen LogP contribution in [0.2, 0.25) is 5.02 Å². The molecule has 2 atom stereocenters. The van der Waals surface area contributed by atoms with E-state index in [1.807, 2.05) is 30.3 Å². The fraction of sp³-hybridized carbons (Fsp3) is 0.167. The number of carboxylic acid groups (broad SMARTS) is 1. The van der Waals surface area contributed by atoms with E-state index in [4.69, 9.17) is 11.6 Å². The minimum Gasteiger partial charge on any atom is -0.480 e. The number of carbonyl (C=O) groups is 2. The topological polar surface area (TPSA) is 57.6 Å². The van der Waals surface area contributed by atoms with Crippen molar-refractivity contribution in [3.63, 3.8) is 0 Å². The first-order valence-corrected chi connectivity index (χ1v) is 10.00. The molecule has 2 unspecified atom stereocenters. The second-order valence-electron chi connectivity index (χ2n) is 7.24. The van der Waals surface area contributed by atoms with Crippen molar-refractivity contribution < 1.29 is 19.1 Å². The molecule has 0 aliphatic carbocycles. The molecule has 3 aromatic carbocycles. The minimum atomic E-state index is -1.09. The summed E-state index contributed by atoms with van der Waals surface area (Å²) in [7, 11) is 0. The number of rotatable bonds is 4. The molecule has 1 heterocycles. The second kappa shape index (κ2) is 8.28. The summed E-state index contributed by atoms with van der Waals surface area (Å²) in [4.78, 5) is 26.9. The zero-order chi connectivity index (χ0) is 21.3. The fourth-order valence-electron chi connectivity index (χ4n) is 4.09. The normalized spacial score (nSPS) is 18.4. The van der Waals surface area contributed by atoms with Gasteiger partial charge in [-0.05, 0) is 47.7 Å². The third kappa shape index (κ3) is 3.68. The highest BCUT2D eigenvalue weighted by molar-refractivity contribution is 6.31. The third-order valence-corrected chi connectivity index (χ3v) is 5.81. The highest BCUT2D eigenvalue weighted by Gasteiger charge is 2.43. The van der Waals surface area contributed by atoms with E-state index in [0.29, 0.717) is 29.0 Å². The number of likely N-dealkylation sites (tertiary alicyclic amines) is 1. The molecule has 0 bridgehead atoms. The predicted molar refractivity (Wildman–Crippen MR) is 113 cm³/mol. The average molecular weight is 424 g/mol. The van der Waals surface area contributed by atoms with Crippen LogP contribution in [0.4, 0.5) is 4.39 Å². The van der Waals surface area contributed by atoms with Crippen LogP contribution in [0.25, 0.3) is 11.1 Å². The number of carbonyl (C=O) groups excluding carboxylic acids is 1. The smallest absolute Gasteiger partial charge is 0.326 e. The van der Waals surface area contributed by atoms with Gasteiger partial charge in [-0.15, -0.1) is 0 Å². The first kappa shape index (κ1) is 20.1. The standard InChI is InChI=1S/C24H19ClFNO3/c25-20-9-5-4-8-18(20)21-12-13-22(24(29)30)27(21)23(28)19-14-16(26)10-11-17(19)15-6-2-1-3-7-15/h1-11,14,21-22H,12-13H2,(H,29,30). The zero-order valence-electron chi connectivity index (χ0n) is 16.0. The number of nitrogens with zero attached hydrogens (tertiary/aromatic N) is 1. The maximum absolute atomic E-state index is 14.1. The predicted octanol–water partition coefficient (Wildman–Crippen LogP) is 5.58. The van der Waals surface area contributed by atoms with E-state index in [2.05, 4.69) is 0 Å². The summed E-state index contributed by atoms with van der Waals surface area (Å²) in [5.41, 5.74) is 2.12. The Morgan fingerprint density at radius 1 is 0.967 bits per heavy atom. The molecule has 4 rings (SSSR count). The average Bonchev–Trinajstić information content (AvgIpc) is 3.19. The Morgan fingerprint density at radius 3 is 2.37 bits per heavy atom. The molecule has 1 N–H and O–H groups in total. The molecular formula is C24H19ClFNO3. The largest absolute Gasteiger partial charge is 0.480 e. The van der Waals surface area contributed by atoms with Gasteiger partial charge < -0.3 is 10.0 Å². The van der Waals surface area contributed by atoms with Crippen LogP contribution >= 0.6 is 11.6 Å². The lowest BCUT2D eigenvalue weighted by Crippen LogP contribution is -2.42. The highest BCUT2D eigenvalue weighted by atomic mass is 35.5. The minimum absolute atomic E-state index is 0.131. The van der Waals surface area contributed by atoms with Crippen LogP contribution in [0.15, 0.2) is 72.8 Å². The molecule has 0 saturated carbocycles. The van der Waals surface area contributed by atoms with Crippen LogP contribution in [-0.2, 0) is 4.79 Å². The van der Waals surface area contributed by atoms with Gasteiger partial charge in [-0.3, -0.25) is 4.79 Å². The van der Waals surface area contributed by atoms with Gasteiger partial charge >= 0.3 is 5.97 Å². The molecule has 0 aromatic heterocycles. The van der Waals surface area contributed by atoms with E-state index >= 15 is 0 Å². The summed E-state index contributed by atoms with van der Waals surface area (Å²) in [6, 6.07) is 18.8. The van der Waals surface area contributed by atoms with Gasteiger partial charge in [0.25, 0.3) is 5.91 Å². The summed E-state index contributed by atoms with van der Waals surface area (Å²) < 4.78 is 14.1. The lowest BCUT2D eigenvalue weighted by molar-refractivity contribution is -0.141. The number of hydrogen-bond acceptors (Lipinski definition) is 2. The number of benzene rings is 3. The van der Waals surface area contributed by atoms with Gasteiger partial charge in [0.05, 0.1) is 11.6 Å².